The van der Waals surface area contributed by atoms with Crippen LogP contribution in [0.3, 0.4) is 0 Å². The second-order valence-corrected chi connectivity index (χ2v) is 7.20. The minimum absolute atomic E-state index is 0.155. The summed E-state index contributed by atoms with van der Waals surface area (Å²) in [7, 11) is 0. The number of benzene rings is 2. The Morgan fingerprint density at radius 1 is 1.07 bits per heavy atom. The predicted octanol–water partition coefficient (Wildman–Crippen LogP) is 4.04. The van der Waals surface area contributed by atoms with Crippen LogP contribution >= 0.6 is 0 Å². The third kappa shape index (κ3) is 4.05. The van der Waals surface area contributed by atoms with Gasteiger partial charge in [0.15, 0.2) is 0 Å². The van der Waals surface area contributed by atoms with Gasteiger partial charge in [0.25, 0.3) is 0 Å². The lowest BCUT2D eigenvalue weighted by molar-refractivity contribution is -0.187. The van der Waals surface area contributed by atoms with E-state index in [9.17, 15) is 18.0 Å². The van der Waals surface area contributed by atoms with E-state index in [2.05, 4.69) is 0 Å². The van der Waals surface area contributed by atoms with Crippen LogP contribution in [-0.2, 0) is 9.63 Å². The number of hydroxylamine groups is 2. The van der Waals surface area contributed by atoms with Gasteiger partial charge in [0.2, 0.25) is 5.91 Å². The summed E-state index contributed by atoms with van der Waals surface area (Å²) in [6.07, 6.45) is 0.967. The molecule has 1 saturated carbocycles. The molecule has 0 unspecified atom stereocenters. The molecule has 2 aromatic carbocycles. The first-order valence-corrected chi connectivity index (χ1v) is 9.22. The molecule has 1 aliphatic heterocycles. The molecule has 1 atom stereocenters. The Morgan fingerprint density at radius 3 is 2.45 bits per heavy atom. The average molecular weight is 402 g/mol. The van der Waals surface area contributed by atoms with Crippen LogP contribution in [0.15, 0.2) is 36.4 Å². The first kappa shape index (κ1) is 19.3. The fourth-order valence-corrected chi connectivity index (χ4v) is 3.69. The van der Waals surface area contributed by atoms with E-state index in [4.69, 9.17) is 14.8 Å². The molecule has 2 fully saturated rings. The van der Waals surface area contributed by atoms with Gasteiger partial charge in [-0.1, -0.05) is 0 Å². The summed E-state index contributed by atoms with van der Waals surface area (Å²) in [5, 5.41) is 10.1. The van der Waals surface area contributed by atoms with E-state index in [0.29, 0.717) is 24.8 Å². The van der Waals surface area contributed by atoms with E-state index in [1.54, 1.807) is 0 Å². The third-order valence-electron chi connectivity index (χ3n) is 5.14. The lowest BCUT2D eigenvalue weighted by Crippen LogP contribution is -2.45. The maximum atomic E-state index is 13.5. The molecule has 1 amide bonds. The van der Waals surface area contributed by atoms with Gasteiger partial charge in [0.1, 0.15) is 29.3 Å². The van der Waals surface area contributed by atoms with Crippen molar-refractivity contribution in [3.63, 3.8) is 0 Å². The van der Waals surface area contributed by atoms with E-state index in [1.165, 1.54) is 29.3 Å². The van der Waals surface area contributed by atoms with Gasteiger partial charge in [-0.15, -0.1) is 0 Å². The highest BCUT2D eigenvalue weighted by atomic mass is 19.1. The van der Waals surface area contributed by atoms with Crippen molar-refractivity contribution in [2.24, 2.45) is 5.92 Å². The summed E-state index contributed by atoms with van der Waals surface area (Å²) in [5.41, 5.74) is 0.506. The number of halogens is 3. The predicted molar refractivity (Wildman–Crippen MR) is 94.8 cm³/mol. The standard InChI is InChI=1S/C21H17F3N2O3/c22-15-3-12(11-25)4-18(10-15)29-19-7-14(8-19)21(27)26-20(1-2-28-26)13-5-16(23)9-17(24)6-13/h3-6,9-10,14,19-20H,1-2,7-8H2/t14-,19+,20-/m0/s1. The molecule has 5 nitrogen and oxygen atoms in total. The third-order valence-corrected chi connectivity index (χ3v) is 5.14. The molecule has 150 valence electrons. The van der Waals surface area contributed by atoms with Crippen molar-refractivity contribution in [3.8, 4) is 11.8 Å². The number of nitriles is 1. The Balaban J connectivity index is 1.39. The van der Waals surface area contributed by atoms with Crippen molar-refractivity contribution < 1.29 is 27.5 Å². The van der Waals surface area contributed by atoms with Gasteiger partial charge < -0.3 is 4.74 Å². The van der Waals surface area contributed by atoms with Gasteiger partial charge in [-0.25, -0.2) is 18.2 Å². The Kier molecular flexibility index (Phi) is 5.16. The maximum Gasteiger partial charge on any atom is 0.250 e. The van der Waals surface area contributed by atoms with Gasteiger partial charge in [0.05, 0.1) is 24.3 Å². The Labute approximate surface area is 165 Å². The highest BCUT2D eigenvalue weighted by molar-refractivity contribution is 5.79. The molecule has 29 heavy (non-hydrogen) atoms. The highest BCUT2D eigenvalue weighted by Crippen LogP contribution is 2.38. The van der Waals surface area contributed by atoms with Crippen molar-refractivity contribution in [3.05, 3.63) is 65.0 Å². The number of hydrogen-bond donors (Lipinski definition) is 0. The number of carbonyl (C=O) groups is 1. The second kappa shape index (κ2) is 7.76. The lowest BCUT2D eigenvalue weighted by atomic mass is 9.81. The SMILES string of the molecule is N#Cc1cc(F)cc(O[C@H]2C[C@@H](C(=O)N3OCC[C@H]3c3cc(F)cc(F)c3)C2)c1. The molecule has 1 heterocycles. The topological polar surface area (TPSA) is 62.6 Å². The molecule has 0 radical (unpaired) electrons. The molecule has 1 aliphatic carbocycles. The van der Waals surface area contributed by atoms with Crippen LogP contribution in [0.25, 0.3) is 0 Å². The van der Waals surface area contributed by atoms with E-state index in [0.717, 1.165) is 12.1 Å². The largest absolute Gasteiger partial charge is 0.490 e. The molecule has 4 rings (SSSR count). The molecule has 0 bridgehead atoms. The molecule has 8 heteroatoms. The van der Waals surface area contributed by atoms with Crippen molar-refractivity contribution in [2.45, 2.75) is 31.4 Å². The minimum Gasteiger partial charge on any atom is -0.490 e. The van der Waals surface area contributed by atoms with E-state index < -0.39 is 23.5 Å². The normalized spacial score (nSPS) is 23.4. The van der Waals surface area contributed by atoms with E-state index in [-0.39, 0.29) is 35.8 Å². The summed E-state index contributed by atoms with van der Waals surface area (Å²) in [5.74, 6) is -2.37. The van der Waals surface area contributed by atoms with Crippen LogP contribution in [0.1, 0.15) is 36.4 Å². The van der Waals surface area contributed by atoms with Gasteiger partial charge in [-0.2, -0.15) is 5.26 Å². The zero-order chi connectivity index (χ0) is 20.5. The fourth-order valence-electron chi connectivity index (χ4n) is 3.69. The van der Waals surface area contributed by atoms with Crippen LogP contribution in [0, 0.1) is 34.7 Å². The molecule has 0 N–H and O–H groups in total. The van der Waals surface area contributed by atoms with Crippen molar-refractivity contribution in [1.29, 1.82) is 5.26 Å². The summed E-state index contributed by atoms with van der Waals surface area (Å²) >= 11 is 0. The number of hydrogen-bond acceptors (Lipinski definition) is 4. The number of amides is 1. The first-order valence-electron chi connectivity index (χ1n) is 9.22. The zero-order valence-corrected chi connectivity index (χ0v) is 15.3. The maximum absolute atomic E-state index is 13.5. The van der Waals surface area contributed by atoms with Crippen LogP contribution in [0.2, 0.25) is 0 Å². The average Bonchev–Trinajstić information content (AvgIpc) is 3.12. The van der Waals surface area contributed by atoms with Gasteiger partial charge in [-0.05, 0) is 42.7 Å². The van der Waals surface area contributed by atoms with Crippen molar-refractivity contribution in [1.82, 2.24) is 5.06 Å². The number of rotatable bonds is 4. The fraction of sp³-hybridized carbons (Fsp3) is 0.333. The summed E-state index contributed by atoms with van der Waals surface area (Å²) in [6, 6.07) is 8.23. The molecule has 2 aromatic rings. The zero-order valence-electron chi connectivity index (χ0n) is 15.3. The van der Waals surface area contributed by atoms with Gasteiger partial charge in [-0.3, -0.25) is 9.63 Å². The quantitative estimate of drug-likeness (QED) is 0.775. The Hall–Kier alpha value is -3.05. The van der Waals surface area contributed by atoms with Gasteiger partial charge >= 0.3 is 0 Å². The highest BCUT2D eigenvalue weighted by Gasteiger charge is 2.43. The van der Waals surface area contributed by atoms with Crippen molar-refractivity contribution >= 4 is 5.91 Å². The number of ether oxygens (including phenoxy) is 1. The first-order chi connectivity index (χ1) is 13.9. The van der Waals surface area contributed by atoms with E-state index >= 15 is 0 Å². The van der Waals surface area contributed by atoms with Crippen LogP contribution in [0.4, 0.5) is 13.2 Å². The number of carbonyl (C=O) groups excluding carboxylic acids is 1. The molecule has 0 spiro atoms. The molecule has 1 saturated heterocycles. The van der Waals surface area contributed by atoms with Crippen LogP contribution in [0.5, 0.6) is 5.75 Å². The van der Waals surface area contributed by atoms with E-state index in [1.807, 2.05) is 6.07 Å². The molecule has 0 aromatic heterocycles. The molecule has 2 aliphatic rings. The number of nitrogens with zero attached hydrogens (tertiary/aromatic N) is 2. The monoisotopic (exact) mass is 402 g/mol. The smallest absolute Gasteiger partial charge is 0.250 e. The Bertz CT molecular complexity index is 965. The van der Waals surface area contributed by atoms with Gasteiger partial charge in [0, 0.05) is 24.5 Å². The Morgan fingerprint density at radius 2 is 1.76 bits per heavy atom. The molecular formula is C21H17F3N2O3. The minimum atomic E-state index is -0.705. The second-order valence-electron chi connectivity index (χ2n) is 7.20. The lowest BCUT2D eigenvalue weighted by Gasteiger charge is -2.37. The van der Waals surface area contributed by atoms with Crippen LogP contribution in [-0.4, -0.2) is 23.7 Å². The summed E-state index contributed by atoms with van der Waals surface area (Å²) < 4.78 is 46.2. The summed E-state index contributed by atoms with van der Waals surface area (Å²) in [6.45, 7) is 0.279. The molecular weight excluding hydrogens is 385 g/mol. The van der Waals surface area contributed by atoms with Crippen molar-refractivity contribution in [2.75, 3.05) is 6.61 Å². The summed E-state index contributed by atoms with van der Waals surface area (Å²) in [4.78, 5) is 18.2. The van der Waals surface area contributed by atoms with Crippen LogP contribution < -0.4 is 4.74 Å².